The molecule has 1 unspecified atom stereocenters. The van der Waals surface area contributed by atoms with E-state index < -0.39 is 6.10 Å². The summed E-state index contributed by atoms with van der Waals surface area (Å²) in [7, 11) is 0. The Hall–Kier alpha value is -1.03. The van der Waals surface area contributed by atoms with Crippen molar-refractivity contribution in [2.45, 2.75) is 26.0 Å². The zero-order chi connectivity index (χ0) is 13.1. The number of halogens is 2. The molecule has 0 spiro atoms. The molecule has 0 aliphatic carbocycles. The minimum absolute atomic E-state index is 0.418. The van der Waals surface area contributed by atoms with E-state index in [1.54, 1.807) is 24.4 Å². The Balaban J connectivity index is 2.21. The topological polar surface area (TPSA) is 38.0 Å². The molecule has 0 fully saturated rings. The molecule has 2 aromatic rings. The zero-order valence-corrected chi connectivity index (χ0v) is 11.5. The Morgan fingerprint density at radius 3 is 2.89 bits per heavy atom. The number of aromatic nitrogens is 2. The van der Waals surface area contributed by atoms with E-state index >= 15 is 0 Å². The molecule has 2 rings (SSSR count). The molecule has 0 saturated heterocycles. The predicted molar refractivity (Wildman–Crippen MR) is 73.0 cm³/mol. The van der Waals surface area contributed by atoms with Crippen LogP contribution in [0, 0.1) is 0 Å². The van der Waals surface area contributed by atoms with Crippen LogP contribution in [0.2, 0.25) is 10.0 Å². The van der Waals surface area contributed by atoms with Crippen molar-refractivity contribution in [2.24, 2.45) is 0 Å². The molecule has 96 valence electrons. The summed E-state index contributed by atoms with van der Waals surface area (Å²) in [6.07, 6.45) is 3.33. The van der Waals surface area contributed by atoms with E-state index in [1.807, 2.05) is 17.7 Å². The molecule has 5 heteroatoms. The van der Waals surface area contributed by atoms with Crippen molar-refractivity contribution < 1.29 is 5.11 Å². The van der Waals surface area contributed by atoms with Crippen molar-refractivity contribution >= 4 is 23.2 Å². The second-order valence-corrected chi connectivity index (χ2v) is 4.86. The van der Waals surface area contributed by atoms with E-state index in [-0.39, 0.29) is 0 Å². The number of hydrogen-bond acceptors (Lipinski definition) is 2. The fourth-order valence-electron chi connectivity index (χ4n) is 1.87. The number of imidazole rings is 1. The third-order valence-corrected chi connectivity index (χ3v) is 3.41. The smallest absolute Gasteiger partial charge is 0.111 e. The normalized spacial score (nSPS) is 12.7. The summed E-state index contributed by atoms with van der Waals surface area (Å²) in [5, 5.41) is 11.3. The number of aliphatic hydroxyl groups excluding tert-OH is 1. The average molecular weight is 285 g/mol. The summed E-state index contributed by atoms with van der Waals surface area (Å²) in [5.74, 6) is 0.834. The van der Waals surface area contributed by atoms with Crippen LogP contribution >= 0.6 is 23.2 Å². The molecule has 0 radical (unpaired) electrons. The first kappa shape index (κ1) is 13.4. The first-order chi connectivity index (χ1) is 8.61. The Bertz CT molecular complexity index is 540. The molecule has 0 amide bonds. The first-order valence-electron chi connectivity index (χ1n) is 5.74. The molecule has 1 heterocycles. The van der Waals surface area contributed by atoms with Gasteiger partial charge in [-0.25, -0.2) is 4.98 Å². The minimum Gasteiger partial charge on any atom is -0.388 e. The molecular weight excluding hydrogens is 271 g/mol. The summed E-state index contributed by atoms with van der Waals surface area (Å²) in [4.78, 5) is 4.23. The van der Waals surface area contributed by atoms with Gasteiger partial charge < -0.3 is 9.67 Å². The Morgan fingerprint density at radius 1 is 1.39 bits per heavy atom. The zero-order valence-electron chi connectivity index (χ0n) is 9.98. The largest absolute Gasteiger partial charge is 0.388 e. The molecule has 1 N–H and O–H groups in total. The van der Waals surface area contributed by atoms with Crippen LogP contribution in [-0.2, 0) is 13.0 Å². The van der Waals surface area contributed by atoms with Crippen LogP contribution in [0.15, 0.2) is 30.6 Å². The summed E-state index contributed by atoms with van der Waals surface area (Å²) >= 11 is 12.0. The van der Waals surface area contributed by atoms with E-state index in [1.165, 1.54) is 0 Å². The van der Waals surface area contributed by atoms with Gasteiger partial charge in [-0.1, -0.05) is 23.2 Å². The fourth-order valence-corrected chi connectivity index (χ4v) is 2.29. The van der Waals surface area contributed by atoms with Gasteiger partial charge in [0.05, 0.1) is 6.10 Å². The van der Waals surface area contributed by atoms with Crippen LogP contribution < -0.4 is 0 Å². The quantitative estimate of drug-likeness (QED) is 0.933. The molecule has 0 aliphatic rings. The predicted octanol–water partition coefficient (Wildman–Crippen LogP) is 3.49. The molecule has 1 atom stereocenters. The molecule has 0 saturated carbocycles. The van der Waals surface area contributed by atoms with E-state index in [9.17, 15) is 5.11 Å². The minimum atomic E-state index is -0.705. The van der Waals surface area contributed by atoms with Crippen LogP contribution in [0.25, 0.3) is 0 Å². The molecule has 1 aromatic heterocycles. The van der Waals surface area contributed by atoms with Crippen LogP contribution in [0.4, 0.5) is 0 Å². The van der Waals surface area contributed by atoms with Crippen LogP contribution in [-0.4, -0.2) is 14.7 Å². The molecule has 3 nitrogen and oxygen atoms in total. The third-order valence-electron chi connectivity index (χ3n) is 2.84. The van der Waals surface area contributed by atoms with Gasteiger partial charge in [0.2, 0.25) is 0 Å². The second-order valence-electron chi connectivity index (χ2n) is 4.02. The van der Waals surface area contributed by atoms with Gasteiger partial charge in [0.25, 0.3) is 0 Å². The number of aliphatic hydroxyl groups is 1. The van der Waals surface area contributed by atoms with Crippen molar-refractivity contribution in [1.82, 2.24) is 9.55 Å². The van der Waals surface area contributed by atoms with Crippen molar-refractivity contribution in [3.63, 3.8) is 0 Å². The van der Waals surface area contributed by atoms with E-state index in [2.05, 4.69) is 4.98 Å². The van der Waals surface area contributed by atoms with Crippen molar-refractivity contribution in [3.8, 4) is 0 Å². The maximum Gasteiger partial charge on any atom is 0.111 e. The van der Waals surface area contributed by atoms with Crippen LogP contribution in [0.5, 0.6) is 0 Å². The lowest BCUT2D eigenvalue weighted by atomic mass is 10.1. The summed E-state index contributed by atoms with van der Waals surface area (Å²) in [6.45, 7) is 2.86. The van der Waals surface area contributed by atoms with E-state index in [4.69, 9.17) is 23.2 Å². The SMILES string of the molecule is CCn1ccnc1CC(O)c1cc(Cl)ccc1Cl. The molecule has 18 heavy (non-hydrogen) atoms. The number of hydrogen-bond donors (Lipinski definition) is 1. The summed E-state index contributed by atoms with van der Waals surface area (Å²) < 4.78 is 1.99. The van der Waals surface area contributed by atoms with E-state index in [0.29, 0.717) is 22.0 Å². The second kappa shape index (κ2) is 5.74. The van der Waals surface area contributed by atoms with Crippen molar-refractivity contribution in [1.29, 1.82) is 0 Å². The van der Waals surface area contributed by atoms with Gasteiger partial charge in [0.1, 0.15) is 5.82 Å². The highest BCUT2D eigenvalue weighted by molar-refractivity contribution is 6.33. The fraction of sp³-hybridized carbons (Fsp3) is 0.308. The van der Waals surface area contributed by atoms with Gasteiger partial charge in [-0.05, 0) is 25.1 Å². The van der Waals surface area contributed by atoms with Gasteiger partial charge in [0, 0.05) is 41.0 Å². The summed E-state index contributed by atoms with van der Waals surface area (Å²) in [5.41, 5.74) is 0.634. The van der Waals surface area contributed by atoms with Crippen LogP contribution in [0.1, 0.15) is 24.4 Å². The number of rotatable bonds is 4. The van der Waals surface area contributed by atoms with E-state index in [0.717, 1.165) is 12.4 Å². The summed E-state index contributed by atoms with van der Waals surface area (Å²) in [6, 6.07) is 5.08. The Morgan fingerprint density at radius 2 is 2.17 bits per heavy atom. The van der Waals surface area contributed by atoms with Crippen LogP contribution in [0.3, 0.4) is 0 Å². The Kier molecular flexibility index (Phi) is 4.27. The molecule has 0 bridgehead atoms. The molecule has 1 aromatic carbocycles. The first-order valence-corrected chi connectivity index (χ1v) is 6.50. The Labute approximate surface area is 116 Å². The highest BCUT2D eigenvalue weighted by atomic mass is 35.5. The number of benzene rings is 1. The monoisotopic (exact) mass is 284 g/mol. The van der Waals surface area contributed by atoms with Gasteiger partial charge in [0.15, 0.2) is 0 Å². The lowest BCUT2D eigenvalue weighted by molar-refractivity contribution is 0.174. The molecular formula is C13H14Cl2N2O. The van der Waals surface area contributed by atoms with Gasteiger partial charge in [-0.3, -0.25) is 0 Å². The maximum atomic E-state index is 10.2. The lowest BCUT2D eigenvalue weighted by Crippen LogP contribution is -2.08. The standard InChI is InChI=1S/C13H14Cl2N2O/c1-2-17-6-5-16-13(17)8-12(18)10-7-9(14)3-4-11(10)15/h3-7,12,18H,2,8H2,1H3. The van der Waals surface area contributed by atoms with Gasteiger partial charge >= 0.3 is 0 Å². The van der Waals surface area contributed by atoms with Gasteiger partial charge in [-0.2, -0.15) is 0 Å². The number of nitrogens with zero attached hydrogens (tertiary/aromatic N) is 2. The highest BCUT2D eigenvalue weighted by Crippen LogP contribution is 2.28. The van der Waals surface area contributed by atoms with Crippen molar-refractivity contribution in [3.05, 3.63) is 52.0 Å². The molecule has 0 aliphatic heterocycles. The highest BCUT2D eigenvalue weighted by Gasteiger charge is 2.15. The average Bonchev–Trinajstić information content (AvgIpc) is 2.79. The maximum absolute atomic E-state index is 10.2. The number of aryl methyl sites for hydroxylation is 1. The van der Waals surface area contributed by atoms with Crippen molar-refractivity contribution in [2.75, 3.05) is 0 Å². The van der Waals surface area contributed by atoms with Gasteiger partial charge in [-0.15, -0.1) is 0 Å². The third kappa shape index (κ3) is 2.86. The lowest BCUT2D eigenvalue weighted by Gasteiger charge is -2.13.